The number of anilines is 1. The highest BCUT2D eigenvalue weighted by Crippen LogP contribution is 2.41. The van der Waals surface area contributed by atoms with Crippen LogP contribution in [0.15, 0.2) is 82.7 Å². The highest BCUT2D eigenvalue weighted by molar-refractivity contribution is 8.18. The van der Waals surface area contributed by atoms with Crippen molar-refractivity contribution in [2.24, 2.45) is 0 Å². The van der Waals surface area contributed by atoms with Crippen molar-refractivity contribution in [1.82, 2.24) is 0 Å². The quantitative estimate of drug-likeness (QED) is 0.398. The second-order valence-corrected chi connectivity index (χ2v) is 10.4. The average molecular weight is 430 g/mol. The van der Waals surface area contributed by atoms with E-state index in [-0.39, 0.29) is 10.5 Å². The van der Waals surface area contributed by atoms with Crippen LogP contribution in [0.4, 0.5) is 5.69 Å². The van der Waals surface area contributed by atoms with Gasteiger partial charge in [-0.2, -0.15) is 0 Å². The van der Waals surface area contributed by atoms with Crippen LogP contribution in [0.25, 0.3) is 0 Å². The van der Waals surface area contributed by atoms with Crippen molar-refractivity contribution >= 4 is 38.2 Å². The van der Waals surface area contributed by atoms with E-state index in [1.165, 1.54) is 48.2 Å². The van der Waals surface area contributed by atoms with Crippen molar-refractivity contribution in [3.63, 3.8) is 0 Å². The summed E-state index contributed by atoms with van der Waals surface area (Å²) in [5.41, 5.74) is 7.54. The zero-order chi connectivity index (χ0) is 21.4. The summed E-state index contributed by atoms with van der Waals surface area (Å²) in [7, 11) is -0.238. The Morgan fingerprint density at radius 3 is 1.60 bits per heavy atom. The topological polar surface area (TPSA) is 3.24 Å². The van der Waals surface area contributed by atoms with Crippen LogP contribution in [-0.4, -0.2) is 9.85 Å². The fourth-order valence-corrected chi connectivity index (χ4v) is 6.56. The average Bonchev–Trinajstić information content (AvgIpc) is 3.05. The Kier molecular flexibility index (Phi) is 5.77. The lowest BCUT2D eigenvalue weighted by molar-refractivity contribution is 1.26. The van der Waals surface area contributed by atoms with E-state index in [2.05, 4.69) is 112 Å². The van der Waals surface area contributed by atoms with Gasteiger partial charge in [-0.25, -0.2) is 0 Å². The molecule has 30 heavy (non-hydrogen) atoms. The molecule has 0 atom stereocenters. The van der Waals surface area contributed by atoms with E-state index < -0.39 is 0 Å². The van der Waals surface area contributed by atoms with Crippen molar-refractivity contribution in [2.45, 2.75) is 44.4 Å². The van der Waals surface area contributed by atoms with Gasteiger partial charge in [0.25, 0.3) is 0 Å². The molecular weight excluding hydrogens is 402 g/mol. The molecule has 0 N–H and O–H groups in total. The third-order valence-electron chi connectivity index (χ3n) is 5.41. The summed E-state index contributed by atoms with van der Waals surface area (Å²) in [6.45, 7) is 10.7. The molecule has 1 aliphatic heterocycles. The molecule has 0 fully saturated rings. The summed E-state index contributed by atoms with van der Waals surface area (Å²) < 4.78 is 0. The maximum absolute atomic E-state index is 6.06. The number of benzene rings is 3. The number of hydrogen-bond donors (Lipinski definition) is 0. The summed E-state index contributed by atoms with van der Waals surface area (Å²) in [6, 6.07) is 22.2. The van der Waals surface area contributed by atoms with E-state index in [0.29, 0.717) is 0 Å². The number of hydrogen-bond acceptors (Lipinski definition) is 1. The Morgan fingerprint density at radius 2 is 1.13 bits per heavy atom. The summed E-state index contributed by atoms with van der Waals surface area (Å²) in [4.78, 5) is 6.89. The van der Waals surface area contributed by atoms with Gasteiger partial charge in [-0.05, 0) is 76.1 Å². The molecule has 1 aliphatic rings. The Labute approximate surface area is 188 Å². The largest absolute Gasteiger partial charge is 0.307 e. The second kappa shape index (κ2) is 8.33. The maximum Gasteiger partial charge on any atom is 0.124 e. The molecule has 3 aromatic rings. The predicted molar refractivity (Wildman–Crippen MR) is 136 cm³/mol. The van der Waals surface area contributed by atoms with Crippen molar-refractivity contribution in [3.8, 4) is 0 Å². The second-order valence-electron chi connectivity index (χ2n) is 8.03. The molecule has 0 aromatic heterocycles. The van der Waals surface area contributed by atoms with E-state index in [1.807, 2.05) is 0 Å². The monoisotopic (exact) mass is 429 g/mol. The van der Waals surface area contributed by atoms with E-state index in [4.69, 9.17) is 12.2 Å². The molecule has 3 aromatic carbocycles. The third kappa shape index (κ3) is 3.92. The zero-order valence-electron chi connectivity index (χ0n) is 18.2. The van der Waals surface area contributed by atoms with Gasteiger partial charge in [-0.3, -0.25) is 0 Å². The highest BCUT2D eigenvalue weighted by atomic mass is 32.2. The lowest BCUT2D eigenvalue weighted by Gasteiger charge is -2.23. The van der Waals surface area contributed by atoms with Gasteiger partial charge < -0.3 is 4.90 Å². The molecule has 0 bridgehead atoms. The molecular formula is C27H27NS2. The van der Waals surface area contributed by atoms with E-state index >= 15 is 0 Å². The number of nitrogens with zero attached hydrogens (tertiary/aromatic N) is 1. The van der Waals surface area contributed by atoms with Gasteiger partial charge in [0.1, 0.15) is 4.99 Å². The smallest absolute Gasteiger partial charge is 0.124 e. The lowest BCUT2D eigenvalue weighted by atomic mass is 10.0. The van der Waals surface area contributed by atoms with E-state index in [0.717, 1.165) is 4.99 Å². The molecule has 0 spiro atoms. The summed E-state index contributed by atoms with van der Waals surface area (Å²) in [6.07, 6.45) is 4.36. The van der Waals surface area contributed by atoms with Crippen molar-refractivity contribution < 1.29 is 0 Å². The number of aryl methyl sites for hydroxylation is 5. The molecule has 4 rings (SSSR count). The zero-order valence-corrected chi connectivity index (χ0v) is 19.8. The Bertz CT molecular complexity index is 1110. The van der Waals surface area contributed by atoms with Crippen LogP contribution >= 0.6 is 22.7 Å². The SMILES string of the molecule is Cc1ccc(S(=C2C=CN(c3c(C)cc(C)cc3C)C2=S)c2ccc(C)cc2)cc1. The first-order chi connectivity index (χ1) is 14.3. The Morgan fingerprint density at radius 1 is 0.667 bits per heavy atom. The molecule has 0 saturated heterocycles. The molecule has 0 aliphatic carbocycles. The summed E-state index contributed by atoms with van der Waals surface area (Å²) >= 11 is 6.06. The van der Waals surface area contributed by atoms with Crippen molar-refractivity contribution in [2.75, 3.05) is 4.90 Å². The fourth-order valence-electron chi connectivity index (χ4n) is 4.02. The first-order valence-corrected chi connectivity index (χ1v) is 11.8. The van der Waals surface area contributed by atoms with Crippen LogP contribution in [0.5, 0.6) is 0 Å². The number of rotatable bonds is 3. The van der Waals surface area contributed by atoms with Gasteiger partial charge >= 0.3 is 0 Å². The molecule has 1 nitrogen and oxygen atoms in total. The summed E-state index contributed by atoms with van der Waals surface area (Å²) in [5, 5.41) is 0. The van der Waals surface area contributed by atoms with Crippen LogP contribution in [-0.2, 0) is 0 Å². The molecule has 0 unspecified atom stereocenters. The van der Waals surface area contributed by atoms with Crippen LogP contribution in [0.1, 0.15) is 27.8 Å². The third-order valence-corrected chi connectivity index (χ3v) is 8.22. The van der Waals surface area contributed by atoms with Gasteiger partial charge in [-0.15, -0.1) is 10.5 Å². The van der Waals surface area contributed by atoms with Crippen LogP contribution in [0.2, 0.25) is 0 Å². The minimum absolute atomic E-state index is 0.238. The van der Waals surface area contributed by atoms with Crippen LogP contribution in [0, 0.1) is 34.6 Å². The molecule has 0 radical (unpaired) electrons. The highest BCUT2D eigenvalue weighted by Gasteiger charge is 2.25. The predicted octanol–water partition coefficient (Wildman–Crippen LogP) is 7.45. The Balaban J connectivity index is 1.87. The number of thiocarbonyl (C=S) groups is 1. The van der Waals surface area contributed by atoms with Crippen molar-refractivity contribution in [1.29, 1.82) is 0 Å². The van der Waals surface area contributed by atoms with E-state index in [9.17, 15) is 0 Å². The summed E-state index contributed by atoms with van der Waals surface area (Å²) in [5.74, 6) is 0. The first kappa shape index (κ1) is 20.8. The minimum Gasteiger partial charge on any atom is -0.307 e. The Hall–Kier alpha value is -2.49. The van der Waals surface area contributed by atoms with Gasteiger partial charge in [0.05, 0.1) is 5.69 Å². The van der Waals surface area contributed by atoms with Crippen LogP contribution < -0.4 is 4.90 Å². The molecule has 0 amide bonds. The van der Waals surface area contributed by atoms with E-state index in [1.54, 1.807) is 0 Å². The lowest BCUT2D eigenvalue weighted by Crippen LogP contribution is -2.25. The molecule has 0 saturated carbocycles. The van der Waals surface area contributed by atoms with Gasteiger partial charge in [0.15, 0.2) is 0 Å². The van der Waals surface area contributed by atoms with Crippen LogP contribution in [0.3, 0.4) is 0 Å². The normalized spacial score (nSPS) is 13.6. The molecule has 1 heterocycles. The van der Waals surface area contributed by atoms with Crippen molar-refractivity contribution in [3.05, 3.63) is 101 Å². The maximum atomic E-state index is 6.06. The van der Waals surface area contributed by atoms with Gasteiger partial charge in [0.2, 0.25) is 0 Å². The first-order valence-electron chi connectivity index (χ1n) is 10.2. The van der Waals surface area contributed by atoms with Gasteiger partial charge in [0, 0.05) is 20.9 Å². The molecule has 152 valence electrons. The van der Waals surface area contributed by atoms with Gasteiger partial charge in [-0.1, -0.05) is 65.3 Å². The molecule has 3 heteroatoms. The standard InChI is InChI=1S/C27H27NS2/c1-18-6-10-23(11-7-18)30(24-12-8-19(2)9-13-24)25-14-15-28(27(25)29)26-21(4)16-20(3)17-22(26)5/h6-17H,1-5H3. The minimum atomic E-state index is -0.238. The fraction of sp³-hybridized carbons (Fsp3) is 0.185.